The first-order valence-electron chi connectivity index (χ1n) is 27.8. The third kappa shape index (κ3) is 48.2. The number of ether oxygens (including phenoxy) is 1. The summed E-state index contributed by atoms with van der Waals surface area (Å²) in [7, 11) is 0. The van der Waals surface area contributed by atoms with Crippen LogP contribution in [-0.2, 0) is 14.3 Å². The quantitative estimate of drug-likeness (QED) is 0.0418. The number of rotatable bonds is 52. The molecule has 0 bridgehead atoms. The van der Waals surface area contributed by atoms with Crippen molar-refractivity contribution in [2.75, 3.05) is 13.2 Å². The molecule has 6 heteroatoms. The third-order valence-corrected chi connectivity index (χ3v) is 13.2. The van der Waals surface area contributed by atoms with E-state index in [1.165, 1.54) is 238 Å². The molecule has 0 spiro atoms. The number of aliphatic hydroxyl groups excluding tert-OH is 2. The molecule has 2 atom stereocenters. The van der Waals surface area contributed by atoms with Gasteiger partial charge in [0.25, 0.3) is 0 Å². The highest BCUT2D eigenvalue weighted by molar-refractivity contribution is 5.76. The fraction of sp³-hybridized carbons (Fsp3) is 0.964. The molecule has 0 rings (SSSR count). The summed E-state index contributed by atoms with van der Waals surface area (Å²) in [5, 5.41) is 23.3. The second-order valence-electron chi connectivity index (χ2n) is 19.3. The van der Waals surface area contributed by atoms with Gasteiger partial charge in [-0.1, -0.05) is 277 Å². The summed E-state index contributed by atoms with van der Waals surface area (Å²) >= 11 is 0. The van der Waals surface area contributed by atoms with Gasteiger partial charge in [0, 0.05) is 12.8 Å². The molecule has 1 amide bonds. The molecule has 2 unspecified atom stereocenters. The molecule has 3 N–H and O–H groups in total. The van der Waals surface area contributed by atoms with E-state index in [9.17, 15) is 19.8 Å². The van der Waals surface area contributed by atoms with Crippen LogP contribution >= 0.6 is 0 Å². The molecule has 0 aliphatic heterocycles. The van der Waals surface area contributed by atoms with Gasteiger partial charge in [0.2, 0.25) is 5.91 Å². The maximum atomic E-state index is 12.5. The van der Waals surface area contributed by atoms with Gasteiger partial charge >= 0.3 is 5.97 Å². The highest BCUT2D eigenvalue weighted by Gasteiger charge is 2.20. The molecule has 364 valence electrons. The minimum atomic E-state index is -0.667. The van der Waals surface area contributed by atoms with Crippen molar-refractivity contribution in [2.45, 2.75) is 328 Å². The standard InChI is InChI=1S/C55H109NO5/c1-3-5-7-9-11-13-15-17-20-24-27-31-35-39-43-47-53(58)52(51-57)56-54(59)48-44-40-36-32-28-25-21-18-19-22-26-30-34-38-42-46-50-61-55(60)49-45-41-37-33-29-23-16-14-12-10-8-6-4-2/h52-53,57-58H,3-51H2,1-2H3,(H,56,59). The highest BCUT2D eigenvalue weighted by Crippen LogP contribution is 2.18. The number of esters is 1. The zero-order chi connectivity index (χ0) is 44.4. The van der Waals surface area contributed by atoms with E-state index in [4.69, 9.17) is 4.74 Å². The van der Waals surface area contributed by atoms with Crippen LogP contribution in [0.3, 0.4) is 0 Å². The minimum Gasteiger partial charge on any atom is -0.466 e. The summed E-state index contributed by atoms with van der Waals surface area (Å²) in [6.45, 7) is 4.96. The maximum Gasteiger partial charge on any atom is 0.305 e. The van der Waals surface area contributed by atoms with E-state index in [2.05, 4.69) is 19.2 Å². The van der Waals surface area contributed by atoms with Crippen molar-refractivity contribution in [2.24, 2.45) is 0 Å². The van der Waals surface area contributed by atoms with E-state index in [1.807, 2.05) is 0 Å². The van der Waals surface area contributed by atoms with Crippen LogP contribution < -0.4 is 5.32 Å². The van der Waals surface area contributed by atoms with Gasteiger partial charge in [-0.3, -0.25) is 9.59 Å². The maximum absolute atomic E-state index is 12.5. The van der Waals surface area contributed by atoms with Gasteiger partial charge in [0.05, 0.1) is 25.4 Å². The molecule has 0 aliphatic rings. The second-order valence-corrected chi connectivity index (χ2v) is 19.3. The Morgan fingerprint density at radius 3 is 1.00 bits per heavy atom. The lowest BCUT2D eigenvalue weighted by atomic mass is 10.0. The SMILES string of the molecule is CCCCCCCCCCCCCCCCCC(O)C(CO)NC(=O)CCCCCCCCCCCCCCCCCCOC(=O)CCCCCCCCCCCCCCC. The normalized spacial score (nSPS) is 12.5. The number of amides is 1. The topological polar surface area (TPSA) is 95.9 Å². The van der Waals surface area contributed by atoms with Crippen LogP contribution in [0.25, 0.3) is 0 Å². The van der Waals surface area contributed by atoms with Crippen molar-refractivity contribution >= 4 is 11.9 Å². The van der Waals surface area contributed by atoms with Crippen LogP contribution in [0, 0.1) is 0 Å². The Morgan fingerprint density at radius 1 is 0.393 bits per heavy atom. The van der Waals surface area contributed by atoms with Crippen LogP contribution in [0.4, 0.5) is 0 Å². The molecule has 0 saturated carbocycles. The van der Waals surface area contributed by atoms with Gasteiger partial charge in [0.1, 0.15) is 0 Å². The number of carbonyl (C=O) groups excluding carboxylic acids is 2. The number of hydrogen-bond donors (Lipinski definition) is 3. The molecule has 0 aromatic carbocycles. The smallest absolute Gasteiger partial charge is 0.305 e. The summed E-state index contributed by atoms with van der Waals surface area (Å²) < 4.78 is 5.47. The Labute approximate surface area is 381 Å². The number of aliphatic hydroxyl groups is 2. The Bertz CT molecular complexity index is 867. The highest BCUT2D eigenvalue weighted by atomic mass is 16.5. The first kappa shape index (κ1) is 59.9. The molecule has 0 aromatic heterocycles. The summed E-state index contributed by atoms with van der Waals surface area (Å²) in [6.07, 6.45) is 57.9. The predicted octanol–water partition coefficient (Wildman–Crippen LogP) is 16.7. The van der Waals surface area contributed by atoms with Gasteiger partial charge in [-0.15, -0.1) is 0 Å². The van der Waals surface area contributed by atoms with E-state index in [0.29, 0.717) is 25.9 Å². The Balaban J connectivity index is 3.41. The second kappa shape index (κ2) is 51.5. The fourth-order valence-electron chi connectivity index (χ4n) is 8.88. The van der Waals surface area contributed by atoms with Gasteiger partial charge < -0.3 is 20.3 Å². The van der Waals surface area contributed by atoms with Crippen molar-refractivity contribution in [3.63, 3.8) is 0 Å². The first-order chi connectivity index (χ1) is 30.0. The molecular formula is C55H109NO5. The van der Waals surface area contributed by atoms with Crippen molar-refractivity contribution < 1.29 is 24.5 Å². The van der Waals surface area contributed by atoms with Gasteiger partial charge in [-0.25, -0.2) is 0 Å². The summed E-state index contributed by atoms with van der Waals surface area (Å²) in [6, 6.07) is -0.545. The average Bonchev–Trinajstić information content (AvgIpc) is 3.26. The zero-order valence-electron chi connectivity index (χ0n) is 41.4. The Hall–Kier alpha value is -1.14. The van der Waals surface area contributed by atoms with Crippen LogP contribution in [0.15, 0.2) is 0 Å². The molecular weight excluding hydrogens is 755 g/mol. The lowest BCUT2D eigenvalue weighted by Crippen LogP contribution is -2.45. The van der Waals surface area contributed by atoms with Crippen molar-refractivity contribution in [3.05, 3.63) is 0 Å². The molecule has 0 radical (unpaired) electrons. The van der Waals surface area contributed by atoms with E-state index in [1.54, 1.807) is 0 Å². The van der Waals surface area contributed by atoms with Gasteiger partial charge in [-0.05, 0) is 25.7 Å². The Kier molecular flexibility index (Phi) is 50.5. The van der Waals surface area contributed by atoms with E-state index in [-0.39, 0.29) is 18.5 Å². The van der Waals surface area contributed by atoms with Gasteiger partial charge in [-0.2, -0.15) is 0 Å². The Morgan fingerprint density at radius 2 is 0.672 bits per heavy atom. The molecule has 0 saturated heterocycles. The molecule has 0 aliphatic carbocycles. The average molecular weight is 864 g/mol. The summed E-state index contributed by atoms with van der Waals surface area (Å²) in [5.74, 6) is -0.0337. The molecule has 61 heavy (non-hydrogen) atoms. The lowest BCUT2D eigenvalue weighted by Gasteiger charge is -2.22. The monoisotopic (exact) mass is 864 g/mol. The van der Waals surface area contributed by atoms with Crippen molar-refractivity contribution in [1.29, 1.82) is 0 Å². The third-order valence-electron chi connectivity index (χ3n) is 13.2. The number of carbonyl (C=O) groups is 2. The zero-order valence-corrected chi connectivity index (χ0v) is 41.4. The number of unbranched alkanes of at least 4 members (excludes halogenated alkanes) is 41. The molecule has 0 aromatic rings. The number of hydrogen-bond acceptors (Lipinski definition) is 5. The van der Waals surface area contributed by atoms with Crippen LogP contribution in [0.2, 0.25) is 0 Å². The summed E-state index contributed by atoms with van der Waals surface area (Å²) in [4.78, 5) is 24.5. The molecule has 6 nitrogen and oxygen atoms in total. The van der Waals surface area contributed by atoms with E-state index >= 15 is 0 Å². The van der Waals surface area contributed by atoms with Crippen molar-refractivity contribution in [3.8, 4) is 0 Å². The van der Waals surface area contributed by atoms with E-state index < -0.39 is 12.1 Å². The summed E-state index contributed by atoms with van der Waals surface area (Å²) in [5.41, 5.74) is 0. The molecule has 0 heterocycles. The van der Waals surface area contributed by atoms with Crippen LogP contribution in [0.1, 0.15) is 316 Å². The fourth-order valence-corrected chi connectivity index (χ4v) is 8.88. The largest absolute Gasteiger partial charge is 0.466 e. The van der Waals surface area contributed by atoms with Gasteiger partial charge in [0.15, 0.2) is 0 Å². The van der Waals surface area contributed by atoms with Crippen LogP contribution in [-0.4, -0.2) is 47.4 Å². The molecule has 0 fully saturated rings. The lowest BCUT2D eigenvalue weighted by molar-refractivity contribution is -0.143. The van der Waals surface area contributed by atoms with E-state index in [0.717, 1.165) is 44.9 Å². The number of nitrogens with one attached hydrogen (secondary N) is 1. The first-order valence-corrected chi connectivity index (χ1v) is 27.8. The predicted molar refractivity (Wildman–Crippen MR) is 264 cm³/mol. The minimum absolute atomic E-state index is 0.00551. The van der Waals surface area contributed by atoms with Crippen molar-refractivity contribution in [1.82, 2.24) is 5.32 Å². The van der Waals surface area contributed by atoms with Crippen LogP contribution in [0.5, 0.6) is 0 Å².